The largest absolute Gasteiger partial charge is 0.374 e. The molecule has 0 radical (unpaired) electrons. The zero-order valence-corrected chi connectivity index (χ0v) is 11.3. The minimum absolute atomic E-state index is 0.223. The molecule has 98 valence electrons. The number of hydrazine groups is 1. The van der Waals surface area contributed by atoms with Crippen LogP contribution in [-0.4, -0.2) is 30.3 Å². The third-order valence-corrected chi connectivity index (χ3v) is 4.64. The molecule has 0 aromatic rings. The fourth-order valence-corrected chi connectivity index (χ4v) is 3.55. The third-order valence-electron chi connectivity index (χ3n) is 3.62. The van der Waals surface area contributed by atoms with Crippen molar-refractivity contribution in [2.24, 2.45) is 5.84 Å². The molecule has 1 aliphatic heterocycles. The molecule has 1 heterocycles. The van der Waals surface area contributed by atoms with E-state index in [1.807, 2.05) is 11.8 Å². The van der Waals surface area contributed by atoms with Gasteiger partial charge in [-0.25, -0.2) is 0 Å². The van der Waals surface area contributed by atoms with Gasteiger partial charge in [-0.15, -0.1) is 0 Å². The predicted molar refractivity (Wildman–Crippen MR) is 74.0 cm³/mol. The Bertz CT molecular complexity index is 252. The second kappa shape index (κ2) is 7.41. The lowest BCUT2D eigenvalue weighted by Gasteiger charge is -2.32. The van der Waals surface area contributed by atoms with Crippen molar-refractivity contribution in [2.75, 3.05) is 18.1 Å². The van der Waals surface area contributed by atoms with Crippen LogP contribution in [0.5, 0.6) is 0 Å². The third kappa shape index (κ3) is 3.98. The SMILES string of the molecule is NNC(C1=CCCCCCC1)C1CSCCO1. The lowest BCUT2D eigenvalue weighted by Crippen LogP contribution is -2.49. The average molecular weight is 256 g/mol. The van der Waals surface area contributed by atoms with Gasteiger partial charge in [0.2, 0.25) is 0 Å². The summed E-state index contributed by atoms with van der Waals surface area (Å²) in [5, 5.41) is 0. The maximum atomic E-state index is 5.85. The van der Waals surface area contributed by atoms with Gasteiger partial charge in [-0.2, -0.15) is 11.8 Å². The summed E-state index contributed by atoms with van der Waals surface area (Å²) in [6.07, 6.45) is 10.4. The summed E-state index contributed by atoms with van der Waals surface area (Å²) in [5.74, 6) is 7.92. The van der Waals surface area contributed by atoms with Gasteiger partial charge >= 0.3 is 0 Å². The Morgan fingerprint density at radius 2 is 2.24 bits per heavy atom. The number of hydrogen-bond acceptors (Lipinski definition) is 4. The Balaban J connectivity index is 1.98. The summed E-state index contributed by atoms with van der Waals surface area (Å²) in [4.78, 5) is 0. The Labute approximate surface area is 109 Å². The van der Waals surface area contributed by atoms with Crippen LogP contribution in [0.25, 0.3) is 0 Å². The van der Waals surface area contributed by atoms with Crippen LogP contribution in [0.1, 0.15) is 38.5 Å². The molecule has 1 saturated heterocycles. The summed E-state index contributed by atoms with van der Waals surface area (Å²) in [5.41, 5.74) is 4.45. The fraction of sp³-hybridized carbons (Fsp3) is 0.846. The number of rotatable bonds is 3. The van der Waals surface area contributed by atoms with Gasteiger partial charge in [-0.3, -0.25) is 11.3 Å². The molecule has 2 unspecified atom stereocenters. The number of nitrogens with two attached hydrogens (primary N) is 1. The van der Waals surface area contributed by atoms with Gasteiger partial charge in [0, 0.05) is 11.5 Å². The second-order valence-electron chi connectivity index (χ2n) is 4.86. The standard InChI is InChI=1S/C13H24N2OS/c14-15-13(12-10-17-9-8-16-12)11-6-4-2-1-3-5-7-11/h6,12-13,15H,1-5,7-10,14H2. The summed E-state index contributed by atoms with van der Waals surface area (Å²) >= 11 is 1.97. The molecule has 17 heavy (non-hydrogen) atoms. The molecular weight excluding hydrogens is 232 g/mol. The minimum atomic E-state index is 0.223. The summed E-state index contributed by atoms with van der Waals surface area (Å²) < 4.78 is 5.85. The Morgan fingerprint density at radius 3 is 3.00 bits per heavy atom. The molecule has 1 fully saturated rings. The summed E-state index contributed by atoms with van der Waals surface area (Å²) in [6.45, 7) is 0.862. The average Bonchev–Trinajstić information content (AvgIpc) is 2.34. The molecule has 3 nitrogen and oxygen atoms in total. The number of hydrogen-bond donors (Lipinski definition) is 2. The Morgan fingerprint density at radius 1 is 1.35 bits per heavy atom. The van der Waals surface area contributed by atoms with E-state index >= 15 is 0 Å². The molecule has 0 amide bonds. The number of ether oxygens (including phenoxy) is 1. The maximum Gasteiger partial charge on any atom is 0.0869 e. The lowest BCUT2D eigenvalue weighted by molar-refractivity contribution is 0.0551. The van der Waals surface area contributed by atoms with Crippen LogP contribution >= 0.6 is 11.8 Å². The molecule has 0 saturated carbocycles. The summed E-state index contributed by atoms with van der Waals surface area (Å²) in [6, 6.07) is 0.223. The van der Waals surface area contributed by atoms with Crippen LogP contribution in [0, 0.1) is 0 Å². The van der Waals surface area contributed by atoms with E-state index in [2.05, 4.69) is 11.5 Å². The molecule has 0 aromatic heterocycles. The summed E-state index contributed by atoms with van der Waals surface area (Å²) in [7, 11) is 0. The van der Waals surface area contributed by atoms with Gasteiger partial charge in [-0.1, -0.05) is 24.5 Å². The smallest absolute Gasteiger partial charge is 0.0869 e. The van der Waals surface area contributed by atoms with Crippen LogP contribution in [0.4, 0.5) is 0 Å². The van der Waals surface area contributed by atoms with Crippen molar-refractivity contribution in [3.8, 4) is 0 Å². The van der Waals surface area contributed by atoms with Crippen LogP contribution in [0.3, 0.4) is 0 Å². The van der Waals surface area contributed by atoms with Gasteiger partial charge in [0.15, 0.2) is 0 Å². The molecule has 0 aromatic carbocycles. The molecule has 3 N–H and O–H groups in total. The minimum Gasteiger partial charge on any atom is -0.374 e. The van der Waals surface area contributed by atoms with Crippen LogP contribution in [0.15, 0.2) is 11.6 Å². The van der Waals surface area contributed by atoms with Crippen LogP contribution in [-0.2, 0) is 4.74 Å². The molecule has 4 heteroatoms. The Kier molecular flexibility index (Phi) is 5.85. The topological polar surface area (TPSA) is 47.3 Å². The van der Waals surface area contributed by atoms with E-state index in [4.69, 9.17) is 10.6 Å². The zero-order valence-electron chi connectivity index (χ0n) is 10.5. The van der Waals surface area contributed by atoms with Crippen molar-refractivity contribution in [1.29, 1.82) is 0 Å². The fourth-order valence-electron chi connectivity index (χ4n) is 2.65. The normalized spacial score (nSPS) is 29.0. The number of nitrogens with one attached hydrogen (secondary N) is 1. The monoisotopic (exact) mass is 256 g/mol. The van der Waals surface area contributed by atoms with E-state index in [0.29, 0.717) is 0 Å². The highest BCUT2D eigenvalue weighted by atomic mass is 32.2. The number of allylic oxidation sites excluding steroid dienone is 1. The van der Waals surface area contributed by atoms with Crippen molar-refractivity contribution >= 4 is 11.8 Å². The molecule has 2 rings (SSSR count). The van der Waals surface area contributed by atoms with Gasteiger partial charge in [0.1, 0.15) is 0 Å². The van der Waals surface area contributed by atoms with Crippen molar-refractivity contribution < 1.29 is 4.74 Å². The zero-order chi connectivity index (χ0) is 11.9. The molecular formula is C13H24N2OS. The van der Waals surface area contributed by atoms with Gasteiger partial charge in [-0.05, 0) is 25.7 Å². The first-order chi connectivity index (χ1) is 8.42. The maximum absolute atomic E-state index is 5.85. The van der Waals surface area contributed by atoms with Gasteiger partial charge < -0.3 is 4.74 Å². The first-order valence-corrected chi connectivity index (χ1v) is 7.91. The van der Waals surface area contributed by atoms with Crippen LogP contribution in [0.2, 0.25) is 0 Å². The Hall–Kier alpha value is -0.0300. The first-order valence-electron chi connectivity index (χ1n) is 6.76. The molecule has 0 bridgehead atoms. The highest BCUT2D eigenvalue weighted by Gasteiger charge is 2.26. The van der Waals surface area contributed by atoms with Crippen LogP contribution < -0.4 is 11.3 Å². The van der Waals surface area contributed by atoms with Crippen molar-refractivity contribution in [2.45, 2.75) is 50.7 Å². The van der Waals surface area contributed by atoms with E-state index in [0.717, 1.165) is 18.1 Å². The number of thioether (sulfide) groups is 1. The van der Waals surface area contributed by atoms with E-state index in [9.17, 15) is 0 Å². The van der Waals surface area contributed by atoms with Crippen molar-refractivity contribution in [3.05, 3.63) is 11.6 Å². The molecule has 2 aliphatic rings. The molecule has 0 spiro atoms. The second-order valence-corrected chi connectivity index (χ2v) is 6.01. The lowest BCUT2D eigenvalue weighted by atomic mass is 9.93. The molecule has 1 aliphatic carbocycles. The quantitative estimate of drug-likeness (QED) is 0.462. The first kappa shape index (κ1) is 13.4. The highest BCUT2D eigenvalue weighted by molar-refractivity contribution is 7.99. The van der Waals surface area contributed by atoms with Crippen molar-refractivity contribution in [1.82, 2.24) is 5.43 Å². The van der Waals surface area contributed by atoms with E-state index in [1.165, 1.54) is 44.1 Å². The van der Waals surface area contributed by atoms with Crippen molar-refractivity contribution in [3.63, 3.8) is 0 Å². The van der Waals surface area contributed by atoms with Gasteiger partial charge in [0.05, 0.1) is 18.8 Å². The highest BCUT2D eigenvalue weighted by Crippen LogP contribution is 2.25. The van der Waals surface area contributed by atoms with E-state index < -0.39 is 0 Å². The van der Waals surface area contributed by atoms with E-state index in [-0.39, 0.29) is 12.1 Å². The molecule has 2 atom stereocenters. The van der Waals surface area contributed by atoms with Gasteiger partial charge in [0.25, 0.3) is 0 Å². The predicted octanol–water partition coefficient (Wildman–Crippen LogP) is 2.23. The van der Waals surface area contributed by atoms with E-state index in [1.54, 1.807) is 0 Å².